The summed E-state index contributed by atoms with van der Waals surface area (Å²) in [5.41, 5.74) is 7.26. The van der Waals surface area contributed by atoms with Crippen LogP contribution in [-0.2, 0) is 14.3 Å². The van der Waals surface area contributed by atoms with E-state index in [-0.39, 0.29) is 18.6 Å². The molecule has 0 amide bonds. The van der Waals surface area contributed by atoms with Crippen LogP contribution in [0.4, 0.5) is 0 Å². The number of benzene rings is 1. The van der Waals surface area contributed by atoms with Gasteiger partial charge in [0.25, 0.3) is 0 Å². The molecular weight excluding hydrogens is 358 g/mol. The average Bonchev–Trinajstić information content (AvgIpc) is 2.67. The number of Topliss-reactive ketones (excluding diaryl/α,β-unsaturated/α-hetero) is 1. The number of nitrogens with two attached hydrogens (primary N) is 1. The number of hydrogen-bond donors (Lipinski definition) is 2. The number of aliphatic carboxylic acids is 1. The van der Waals surface area contributed by atoms with E-state index in [1.807, 2.05) is 6.07 Å². The van der Waals surface area contributed by atoms with Crippen LogP contribution in [0.3, 0.4) is 0 Å². The Balaban J connectivity index is 2.03. The lowest BCUT2D eigenvalue weighted by Crippen LogP contribution is -2.29. The van der Waals surface area contributed by atoms with Crippen LogP contribution in [0, 0.1) is 0 Å². The van der Waals surface area contributed by atoms with Crippen LogP contribution < -0.4 is 5.73 Å². The molecular formula is C22H29NO5. The summed E-state index contributed by atoms with van der Waals surface area (Å²) in [6.07, 6.45) is 6.78. The molecule has 0 heterocycles. The van der Waals surface area contributed by atoms with E-state index in [9.17, 15) is 14.4 Å². The highest BCUT2D eigenvalue weighted by molar-refractivity contribution is 6.50. The number of ether oxygens (including phenoxy) is 1. The van der Waals surface area contributed by atoms with Crippen LogP contribution in [0.25, 0.3) is 5.76 Å². The second kappa shape index (κ2) is 10.8. The predicted molar refractivity (Wildman–Crippen MR) is 107 cm³/mol. The van der Waals surface area contributed by atoms with Gasteiger partial charge in [0.2, 0.25) is 11.6 Å². The Bertz CT molecular complexity index is 740. The SMILES string of the molecule is CCCCC(CC(N)CCCCC(=O)O)OC1=CC(=O)C(=O)c2ccccc21. The minimum absolute atomic E-state index is 0.104. The van der Waals surface area contributed by atoms with E-state index in [2.05, 4.69) is 6.92 Å². The molecule has 2 unspecified atom stereocenters. The highest BCUT2D eigenvalue weighted by Crippen LogP contribution is 2.29. The highest BCUT2D eigenvalue weighted by atomic mass is 16.5. The molecule has 0 fully saturated rings. The van der Waals surface area contributed by atoms with Crippen molar-refractivity contribution in [3.05, 3.63) is 41.5 Å². The average molecular weight is 387 g/mol. The van der Waals surface area contributed by atoms with Crippen molar-refractivity contribution in [2.45, 2.75) is 70.4 Å². The Morgan fingerprint density at radius 1 is 1.11 bits per heavy atom. The Labute approximate surface area is 165 Å². The van der Waals surface area contributed by atoms with Crippen LogP contribution in [0.15, 0.2) is 30.3 Å². The second-order valence-corrected chi connectivity index (χ2v) is 7.26. The van der Waals surface area contributed by atoms with Gasteiger partial charge >= 0.3 is 5.97 Å². The quantitative estimate of drug-likeness (QED) is 0.418. The van der Waals surface area contributed by atoms with Gasteiger partial charge in [-0.25, -0.2) is 0 Å². The van der Waals surface area contributed by atoms with E-state index in [4.69, 9.17) is 15.6 Å². The van der Waals surface area contributed by atoms with Gasteiger partial charge in [-0.05, 0) is 25.7 Å². The Hall–Kier alpha value is -2.47. The zero-order valence-electron chi connectivity index (χ0n) is 16.4. The molecule has 2 rings (SSSR count). The van der Waals surface area contributed by atoms with Gasteiger partial charge < -0.3 is 15.6 Å². The van der Waals surface area contributed by atoms with Gasteiger partial charge in [0.05, 0.1) is 0 Å². The molecule has 0 aromatic heterocycles. The molecule has 1 aliphatic carbocycles. The van der Waals surface area contributed by atoms with Crippen molar-refractivity contribution in [1.29, 1.82) is 0 Å². The third-order valence-corrected chi connectivity index (χ3v) is 4.88. The molecule has 1 aliphatic rings. The van der Waals surface area contributed by atoms with E-state index in [1.54, 1.807) is 18.2 Å². The first-order chi connectivity index (χ1) is 13.4. The molecule has 152 valence electrons. The Morgan fingerprint density at radius 3 is 2.50 bits per heavy atom. The maximum absolute atomic E-state index is 12.1. The minimum Gasteiger partial charge on any atom is -0.490 e. The van der Waals surface area contributed by atoms with Crippen LogP contribution in [-0.4, -0.2) is 34.8 Å². The smallest absolute Gasteiger partial charge is 0.303 e. The number of carbonyl (C=O) groups excluding carboxylic acids is 2. The fourth-order valence-electron chi connectivity index (χ4n) is 3.36. The molecule has 6 nitrogen and oxygen atoms in total. The third-order valence-electron chi connectivity index (χ3n) is 4.88. The number of allylic oxidation sites excluding steroid dienone is 1. The molecule has 0 spiro atoms. The zero-order valence-corrected chi connectivity index (χ0v) is 16.4. The van der Waals surface area contributed by atoms with Crippen molar-refractivity contribution in [2.75, 3.05) is 0 Å². The lowest BCUT2D eigenvalue weighted by Gasteiger charge is -2.26. The molecule has 6 heteroatoms. The largest absolute Gasteiger partial charge is 0.490 e. The fraction of sp³-hybridized carbons (Fsp3) is 0.500. The van der Waals surface area contributed by atoms with Crippen LogP contribution >= 0.6 is 0 Å². The van der Waals surface area contributed by atoms with Gasteiger partial charge in [0, 0.05) is 29.7 Å². The summed E-state index contributed by atoms with van der Waals surface area (Å²) in [6.45, 7) is 2.10. The first kappa shape index (κ1) is 21.8. The van der Waals surface area contributed by atoms with Gasteiger partial charge in [-0.1, -0.05) is 50.5 Å². The van der Waals surface area contributed by atoms with Crippen molar-refractivity contribution in [3.63, 3.8) is 0 Å². The van der Waals surface area contributed by atoms with Crippen molar-refractivity contribution in [3.8, 4) is 0 Å². The highest BCUT2D eigenvalue weighted by Gasteiger charge is 2.28. The molecule has 0 radical (unpaired) electrons. The number of rotatable bonds is 12. The van der Waals surface area contributed by atoms with Gasteiger partial charge in [0.1, 0.15) is 11.9 Å². The number of unbranched alkanes of at least 4 members (excludes halogenated alkanes) is 2. The third kappa shape index (κ3) is 6.30. The lowest BCUT2D eigenvalue weighted by molar-refractivity contribution is -0.137. The monoisotopic (exact) mass is 387 g/mol. The standard InChI is InChI=1S/C22H29NO5/c1-2-3-9-16(13-15(23)8-4-7-12-21(25)26)28-20-14-19(24)22(27)18-11-6-5-10-17(18)20/h5-6,10-11,14-16H,2-4,7-9,12-13,23H2,1H3,(H,25,26). The van der Waals surface area contributed by atoms with Crippen molar-refractivity contribution in [2.24, 2.45) is 5.73 Å². The number of carboxylic acid groups (broad SMARTS) is 1. The molecule has 2 atom stereocenters. The van der Waals surface area contributed by atoms with Crippen LogP contribution in [0.2, 0.25) is 0 Å². The zero-order chi connectivity index (χ0) is 20.5. The van der Waals surface area contributed by atoms with E-state index in [0.29, 0.717) is 29.7 Å². The number of ketones is 2. The van der Waals surface area contributed by atoms with E-state index < -0.39 is 17.5 Å². The van der Waals surface area contributed by atoms with Gasteiger partial charge in [-0.3, -0.25) is 14.4 Å². The lowest BCUT2D eigenvalue weighted by atomic mass is 9.93. The maximum atomic E-state index is 12.1. The number of hydrogen-bond acceptors (Lipinski definition) is 5. The molecule has 1 aromatic rings. The molecule has 1 aromatic carbocycles. The summed E-state index contributed by atoms with van der Waals surface area (Å²) in [6, 6.07) is 6.87. The fourth-order valence-corrected chi connectivity index (χ4v) is 3.36. The molecule has 28 heavy (non-hydrogen) atoms. The molecule has 0 saturated heterocycles. The van der Waals surface area contributed by atoms with Crippen LogP contribution in [0.1, 0.15) is 74.2 Å². The topological polar surface area (TPSA) is 107 Å². The van der Waals surface area contributed by atoms with Gasteiger partial charge in [-0.15, -0.1) is 0 Å². The summed E-state index contributed by atoms with van der Waals surface area (Å²) >= 11 is 0. The van der Waals surface area contributed by atoms with Crippen molar-refractivity contribution >= 4 is 23.3 Å². The van der Waals surface area contributed by atoms with Crippen molar-refractivity contribution in [1.82, 2.24) is 0 Å². The molecule has 3 N–H and O–H groups in total. The number of carboxylic acids is 1. The van der Waals surface area contributed by atoms with E-state index in [0.717, 1.165) is 32.1 Å². The van der Waals surface area contributed by atoms with Crippen molar-refractivity contribution < 1.29 is 24.2 Å². The second-order valence-electron chi connectivity index (χ2n) is 7.26. The summed E-state index contributed by atoms with van der Waals surface area (Å²) in [5.74, 6) is -1.44. The van der Waals surface area contributed by atoms with E-state index >= 15 is 0 Å². The summed E-state index contributed by atoms with van der Waals surface area (Å²) in [5, 5.41) is 8.71. The number of carbonyl (C=O) groups is 3. The Morgan fingerprint density at radius 2 is 1.82 bits per heavy atom. The summed E-state index contributed by atoms with van der Waals surface area (Å²) in [4.78, 5) is 34.7. The minimum atomic E-state index is -0.792. The Kier molecular flexibility index (Phi) is 8.39. The molecule has 0 saturated carbocycles. The maximum Gasteiger partial charge on any atom is 0.303 e. The molecule has 0 aliphatic heterocycles. The van der Waals surface area contributed by atoms with E-state index in [1.165, 1.54) is 6.08 Å². The first-order valence-electron chi connectivity index (χ1n) is 9.96. The predicted octanol–water partition coefficient (Wildman–Crippen LogP) is 3.73. The molecule has 0 bridgehead atoms. The van der Waals surface area contributed by atoms with Crippen LogP contribution in [0.5, 0.6) is 0 Å². The summed E-state index contributed by atoms with van der Waals surface area (Å²) in [7, 11) is 0. The van der Waals surface area contributed by atoms with Gasteiger partial charge in [0.15, 0.2) is 0 Å². The summed E-state index contributed by atoms with van der Waals surface area (Å²) < 4.78 is 6.17. The van der Waals surface area contributed by atoms with Gasteiger partial charge in [-0.2, -0.15) is 0 Å². The first-order valence-corrected chi connectivity index (χ1v) is 9.96. The number of fused-ring (bicyclic) bond motifs is 1. The normalized spacial score (nSPS) is 15.6.